The average Bonchev–Trinajstić information content (AvgIpc) is 3.36. The molecule has 8 nitrogen and oxygen atoms in total. The highest BCUT2D eigenvalue weighted by atomic mass is 31.2. The predicted molar refractivity (Wildman–Crippen MR) is 320 cm³/mol. The lowest BCUT2D eigenvalue weighted by Gasteiger charge is -2.30. The van der Waals surface area contributed by atoms with Gasteiger partial charge < -0.3 is 28.8 Å². The minimum absolute atomic E-state index is 0.00902. The maximum Gasteiger partial charge on any atom is 0.268 e. The summed E-state index contributed by atoms with van der Waals surface area (Å²) < 4.78 is 23.5. The Labute approximate surface area is 459 Å². The summed E-state index contributed by atoms with van der Waals surface area (Å²) in [5.74, 6) is -0.169. The Kier molecular flexibility index (Phi) is 54.1. The van der Waals surface area contributed by atoms with Crippen molar-refractivity contribution in [2.75, 3.05) is 40.9 Å². The molecule has 0 aliphatic carbocycles. The Bertz CT molecular complexity index is 1430. The van der Waals surface area contributed by atoms with E-state index in [9.17, 15) is 19.4 Å². The largest absolute Gasteiger partial charge is 0.756 e. The number of quaternary nitrogens is 1. The first-order valence-electron chi connectivity index (χ1n) is 31.3. The lowest BCUT2D eigenvalue weighted by atomic mass is 10.0. The van der Waals surface area contributed by atoms with Gasteiger partial charge in [-0.2, -0.15) is 0 Å². The van der Waals surface area contributed by atoms with Crippen LogP contribution in [-0.4, -0.2) is 68.5 Å². The molecular formula is C65H121N2O6P. The van der Waals surface area contributed by atoms with E-state index in [1.54, 1.807) is 0 Å². The number of carbonyl (C=O) groups excluding carboxylic acids is 1. The van der Waals surface area contributed by atoms with Gasteiger partial charge in [0.1, 0.15) is 13.2 Å². The number of amides is 1. The van der Waals surface area contributed by atoms with Crippen molar-refractivity contribution in [2.24, 2.45) is 0 Å². The van der Waals surface area contributed by atoms with Gasteiger partial charge in [-0.3, -0.25) is 9.36 Å². The molecule has 0 saturated carbocycles. The minimum atomic E-state index is -4.58. The van der Waals surface area contributed by atoms with E-state index >= 15 is 0 Å². The smallest absolute Gasteiger partial charge is 0.268 e. The molecule has 1 amide bonds. The van der Waals surface area contributed by atoms with Crippen LogP contribution in [-0.2, 0) is 18.4 Å². The van der Waals surface area contributed by atoms with Gasteiger partial charge in [-0.25, -0.2) is 0 Å². The first-order chi connectivity index (χ1) is 36.0. The van der Waals surface area contributed by atoms with Gasteiger partial charge in [-0.15, -0.1) is 0 Å². The van der Waals surface area contributed by atoms with Crippen molar-refractivity contribution in [3.05, 3.63) is 72.9 Å². The van der Waals surface area contributed by atoms with Gasteiger partial charge in [-0.05, 0) is 64.2 Å². The van der Waals surface area contributed by atoms with E-state index in [1.807, 2.05) is 21.1 Å². The van der Waals surface area contributed by atoms with Gasteiger partial charge in [0.25, 0.3) is 7.82 Å². The molecule has 74 heavy (non-hydrogen) atoms. The average molecular weight is 1060 g/mol. The molecular weight excluding hydrogens is 936 g/mol. The van der Waals surface area contributed by atoms with E-state index in [1.165, 1.54) is 173 Å². The number of phosphoric acid groups is 1. The van der Waals surface area contributed by atoms with E-state index in [0.717, 1.165) is 83.5 Å². The number of nitrogens with one attached hydrogen (secondary N) is 1. The summed E-state index contributed by atoms with van der Waals surface area (Å²) in [5, 5.41) is 14.1. The lowest BCUT2D eigenvalue weighted by molar-refractivity contribution is -0.870. The molecule has 0 heterocycles. The molecule has 0 aliphatic rings. The number of nitrogens with zero attached hydrogens (tertiary/aromatic N) is 1. The molecule has 3 atom stereocenters. The summed E-state index contributed by atoms with van der Waals surface area (Å²) in [5.41, 5.74) is 0. The number of likely N-dealkylation sites (N-methyl/N-ethyl adjacent to an activating group) is 1. The first kappa shape index (κ1) is 71.9. The topological polar surface area (TPSA) is 108 Å². The molecule has 0 spiro atoms. The second-order valence-electron chi connectivity index (χ2n) is 22.4. The van der Waals surface area contributed by atoms with Gasteiger partial charge >= 0.3 is 0 Å². The highest BCUT2D eigenvalue weighted by Crippen LogP contribution is 2.38. The molecule has 0 aromatic carbocycles. The van der Waals surface area contributed by atoms with Gasteiger partial charge in [-0.1, -0.05) is 286 Å². The summed E-state index contributed by atoms with van der Waals surface area (Å²) in [4.78, 5) is 25.6. The molecule has 432 valence electrons. The van der Waals surface area contributed by atoms with Crippen molar-refractivity contribution < 1.29 is 32.9 Å². The fourth-order valence-electron chi connectivity index (χ4n) is 9.10. The fourth-order valence-corrected chi connectivity index (χ4v) is 9.83. The monoisotopic (exact) mass is 1060 g/mol. The van der Waals surface area contributed by atoms with Gasteiger partial charge in [0.15, 0.2) is 0 Å². The number of unbranched alkanes of at least 4 members (excludes halogenated alkanes) is 32. The molecule has 0 aromatic rings. The van der Waals surface area contributed by atoms with E-state index in [2.05, 4.69) is 92.1 Å². The van der Waals surface area contributed by atoms with Crippen LogP contribution >= 0.6 is 7.82 Å². The lowest BCUT2D eigenvalue weighted by Crippen LogP contribution is -2.46. The van der Waals surface area contributed by atoms with E-state index in [-0.39, 0.29) is 19.1 Å². The normalized spacial score (nSPS) is 14.3. The maximum absolute atomic E-state index is 13.0. The molecule has 2 N–H and O–H groups in total. The number of hydrogen-bond acceptors (Lipinski definition) is 6. The van der Waals surface area contributed by atoms with Crippen molar-refractivity contribution in [1.29, 1.82) is 0 Å². The number of carbonyl (C=O) groups is 1. The van der Waals surface area contributed by atoms with Gasteiger partial charge in [0, 0.05) is 6.42 Å². The van der Waals surface area contributed by atoms with Crippen LogP contribution in [0.2, 0.25) is 0 Å². The standard InChI is InChI=1S/C65H121N2O6P/c1-6-8-10-12-14-16-18-20-22-24-26-28-30-31-32-33-34-35-37-39-41-43-45-47-49-51-53-55-57-59-65(69)66-63(62-73-74(70,71)72-61-60-67(3,4)5)64(68)58-56-54-52-50-48-46-44-42-40-38-36-29-27-25-23-21-19-17-15-13-11-9-7-2/h8,10,14,16,20,22,26,28,31-32,34-35,63-64,68H,6-7,9,11-13,15,17-19,21,23-25,27,29-30,33,36-62H2,1-5H3,(H-,66,69,70,71)/b10-8-,16-14-,22-20-,28-26-,32-31-,35-34-. The minimum Gasteiger partial charge on any atom is -0.756 e. The zero-order valence-electron chi connectivity index (χ0n) is 49.3. The molecule has 0 aliphatic heterocycles. The Balaban J connectivity index is 4.14. The van der Waals surface area contributed by atoms with Crippen LogP contribution < -0.4 is 10.2 Å². The predicted octanol–water partition coefficient (Wildman–Crippen LogP) is 18.8. The van der Waals surface area contributed by atoms with Gasteiger partial charge in [0.2, 0.25) is 5.91 Å². The molecule has 0 fully saturated rings. The third kappa shape index (κ3) is 57.6. The number of hydrogen-bond donors (Lipinski definition) is 2. The van der Waals surface area contributed by atoms with Crippen LogP contribution in [0.5, 0.6) is 0 Å². The summed E-state index contributed by atoms with van der Waals surface area (Å²) in [6.07, 6.45) is 76.5. The second-order valence-corrected chi connectivity index (χ2v) is 23.8. The Morgan fingerprint density at radius 3 is 1.20 bits per heavy atom. The quantitative estimate of drug-likeness (QED) is 0.0272. The third-order valence-corrected chi connectivity index (χ3v) is 14.9. The van der Waals surface area contributed by atoms with Crippen LogP contribution in [0.4, 0.5) is 0 Å². The SMILES string of the molecule is CC/C=C\C/C=C\C/C=C\C/C=C\C/C=C\C/C=C\CCCCCCCCCCCCC(=O)NC(COP(=O)([O-])OCC[N+](C)(C)C)C(O)CCCCCCCCCCCCCCCCCCCCCCCCC. The highest BCUT2D eigenvalue weighted by Gasteiger charge is 2.24. The highest BCUT2D eigenvalue weighted by molar-refractivity contribution is 7.45. The molecule has 0 rings (SSSR count). The van der Waals surface area contributed by atoms with Crippen LogP contribution in [0.25, 0.3) is 0 Å². The first-order valence-corrected chi connectivity index (χ1v) is 32.7. The molecule has 0 radical (unpaired) electrons. The molecule has 0 bridgehead atoms. The van der Waals surface area contributed by atoms with E-state index in [4.69, 9.17) is 9.05 Å². The third-order valence-electron chi connectivity index (χ3n) is 14.0. The summed E-state index contributed by atoms with van der Waals surface area (Å²) in [6, 6.07) is -0.808. The number of aliphatic hydroxyl groups excluding tert-OH is 1. The molecule has 0 aromatic heterocycles. The fraction of sp³-hybridized carbons (Fsp3) is 0.800. The Morgan fingerprint density at radius 1 is 0.486 bits per heavy atom. The number of rotatable bonds is 57. The van der Waals surface area contributed by atoms with Crippen molar-refractivity contribution in [3.63, 3.8) is 0 Å². The van der Waals surface area contributed by atoms with Crippen LogP contribution in [0.15, 0.2) is 72.9 Å². The van der Waals surface area contributed by atoms with Crippen LogP contribution in [0.3, 0.4) is 0 Å². The van der Waals surface area contributed by atoms with Crippen molar-refractivity contribution in [1.82, 2.24) is 5.32 Å². The number of aliphatic hydroxyl groups is 1. The van der Waals surface area contributed by atoms with Crippen molar-refractivity contribution >= 4 is 13.7 Å². The Hall–Kier alpha value is -2.06. The Morgan fingerprint density at radius 2 is 0.824 bits per heavy atom. The summed E-state index contributed by atoms with van der Waals surface area (Å²) in [7, 11) is 1.30. The molecule has 3 unspecified atom stereocenters. The zero-order valence-corrected chi connectivity index (χ0v) is 50.2. The molecule has 9 heteroatoms. The number of phosphoric ester groups is 1. The summed E-state index contributed by atoms with van der Waals surface area (Å²) >= 11 is 0. The van der Waals surface area contributed by atoms with Crippen molar-refractivity contribution in [2.45, 2.75) is 296 Å². The van der Waals surface area contributed by atoms with E-state index < -0.39 is 20.0 Å². The van der Waals surface area contributed by atoms with Crippen LogP contribution in [0.1, 0.15) is 284 Å². The summed E-state index contributed by atoms with van der Waals surface area (Å²) in [6.45, 7) is 4.63. The second kappa shape index (κ2) is 55.7. The maximum atomic E-state index is 13.0. The van der Waals surface area contributed by atoms with E-state index in [0.29, 0.717) is 23.9 Å². The van der Waals surface area contributed by atoms with Crippen molar-refractivity contribution in [3.8, 4) is 0 Å². The zero-order chi connectivity index (χ0) is 54.2. The van der Waals surface area contributed by atoms with Gasteiger partial charge in [0.05, 0.1) is 39.9 Å². The molecule has 0 saturated heterocycles. The van der Waals surface area contributed by atoms with Crippen LogP contribution in [0, 0.1) is 0 Å². The number of allylic oxidation sites excluding steroid dienone is 12.